The number of nitrogens with one attached hydrogen (secondary N) is 1. The van der Waals surface area contributed by atoms with Crippen molar-refractivity contribution in [3.05, 3.63) is 18.0 Å². The maximum absolute atomic E-state index is 5.67. The zero-order valence-corrected chi connectivity index (χ0v) is 9.98. The molecule has 1 aromatic heterocycles. The molecule has 1 saturated heterocycles. The van der Waals surface area contributed by atoms with Gasteiger partial charge in [-0.2, -0.15) is 5.10 Å². The van der Waals surface area contributed by atoms with E-state index < -0.39 is 0 Å². The molecule has 90 valence electrons. The van der Waals surface area contributed by atoms with Crippen molar-refractivity contribution in [3.8, 4) is 0 Å². The zero-order valence-electron chi connectivity index (χ0n) is 9.98. The molecular weight excluding hydrogens is 202 g/mol. The maximum Gasteiger partial charge on any atom is 0.0699 e. The summed E-state index contributed by atoms with van der Waals surface area (Å²) in [6.07, 6.45) is 5.99. The normalized spacial score (nSPS) is 21.2. The number of hydrogen-bond acceptors (Lipinski definition) is 3. The average Bonchev–Trinajstić information content (AvgIpc) is 2.78. The first kappa shape index (κ1) is 11.6. The van der Waals surface area contributed by atoms with Crippen molar-refractivity contribution in [2.24, 2.45) is 0 Å². The molecule has 4 heteroatoms. The molecule has 0 saturated carbocycles. The number of hydrogen-bond donors (Lipinski definition) is 1. The first-order valence-electron chi connectivity index (χ1n) is 6.23. The molecule has 1 aliphatic rings. The number of aromatic nitrogens is 2. The summed E-state index contributed by atoms with van der Waals surface area (Å²) in [6, 6.07) is 2.07. The summed E-state index contributed by atoms with van der Waals surface area (Å²) >= 11 is 0. The van der Waals surface area contributed by atoms with E-state index in [9.17, 15) is 0 Å². The third-order valence-corrected chi connectivity index (χ3v) is 3.06. The van der Waals surface area contributed by atoms with E-state index in [-0.39, 0.29) is 0 Å². The Kier molecular flexibility index (Phi) is 4.36. The lowest BCUT2D eigenvalue weighted by Gasteiger charge is -2.22. The number of aryl methyl sites for hydroxylation is 1. The summed E-state index contributed by atoms with van der Waals surface area (Å²) in [7, 11) is 0. The molecule has 1 unspecified atom stereocenters. The second kappa shape index (κ2) is 6.01. The highest BCUT2D eigenvalue weighted by Gasteiger charge is 2.13. The van der Waals surface area contributed by atoms with Crippen molar-refractivity contribution in [1.82, 2.24) is 15.1 Å². The van der Waals surface area contributed by atoms with Gasteiger partial charge in [0.15, 0.2) is 0 Å². The predicted molar refractivity (Wildman–Crippen MR) is 63.2 cm³/mol. The predicted octanol–water partition coefficient (Wildman–Crippen LogP) is 1.56. The van der Waals surface area contributed by atoms with Gasteiger partial charge in [-0.3, -0.25) is 4.68 Å². The lowest BCUT2D eigenvalue weighted by molar-refractivity contribution is 0.0167. The van der Waals surface area contributed by atoms with Crippen LogP contribution >= 0.6 is 0 Å². The van der Waals surface area contributed by atoms with E-state index in [1.165, 1.54) is 25.0 Å². The average molecular weight is 223 g/mol. The van der Waals surface area contributed by atoms with Gasteiger partial charge in [-0.1, -0.05) is 0 Å². The van der Waals surface area contributed by atoms with Gasteiger partial charge in [-0.15, -0.1) is 0 Å². The quantitative estimate of drug-likeness (QED) is 0.823. The highest BCUT2D eigenvalue weighted by molar-refractivity contribution is 4.99. The van der Waals surface area contributed by atoms with Gasteiger partial charge in [0, 0.05) is 32.4 Å². The van der Waals surface area contributed by atoms with Gasteiger partial charge < -0.3 is 10.1 Å². The first-order valence-corrected chi connectivity index (χ1v) is 6.23. The van der Waals surface area contributed by atoms with Crippen molar-refractivity contribution in [2.45, 2.75) is 45.4 Å². The van der Waals surface area contributed by atoms with Crippen LogP contribution < -0.4 is 5.32 Å². The van der Waals surface area contributed by atoms with Crippen molar-refractivity contribution in [3.63, 3.8) is 0 Å². The standard InChI is InChI=1S/C12H21N3O/c1-2-15-11(6-7-14-15)9-13-10-12-5-3-4-8-16-12/h6-7,12-13H,2-5,8-10H2,1H3. The minimum Gasteiger partial charge on any atom is -0.377 e. The SMILES string of the molecule is CCn1nccc1CNCC1CCCCO1. The van der Waals surface area contributed by atoms with E-state index in [0.29, 0.717) is 6.10 Å². The summed E-state index contributed by atoms with van der Waals surface area (Å²) < 4.78 is 7.69. The summed E-state index contributed by atoms with van der Waals surface area (Å²) in [5, 5.41) is 7.69. The summed E-state index contributed by atoms with van der Waals surface area (Å²) in [5.74, 6) is 0. The Bertz CT molecular complexity index is 305. The minimum atomic E-state index is 0.409. The minimum absolute atomic E-state index is 0.409. The van der Waals surface area contributed by atoms with E-state index >= 15 is 0 Å². The largest absolute Gasteiger partial charge is 0.377 e. The fourth-order valence-electron chi connectivity index (χ4n) is 2.12. The second-order valence-corrected chi connectivity index (χ2v) is 4.26. The molecule has 2 rings (SSSR count). The topological polar surface area (TPSA) is 39.1 Å². The molecule has 0 bridgehead atoms. The number of ether oxygens (including phenoxy) is 1. The summed E-state index contributed by atoms with van der Waals surface area (Å²) in [5.41, 5.74) is 1.25. The molecule has 0 amide bonds. The molecule has 0 spiro atoms. The molecular formula is C12H21N3O. The Morgan fingerprint density at radius 3 is 3.25 bits per heavy atom. The van der Waals surface area contributed by atoms with E-state index in [4.69, 9.17) is 4.74 Å². The molecule has 0 radical (unpaired) electrons. The van der Waals surface area contributed by atoms with Crippen LogP contribution in [0.3, 0.4) is 0 Å². The van der Waals surface area contributed by atoms with Crippen molar-refractivity contribution >= 4 is 0 Å². The van der Waals surface area contributed by atoms with E-state index in [1.54, 1.807) is 0 Å². The molecule has 4 nitrogen and oxygen atoms in total. The molecule has 0 aromatic carbocycles. The van der Waals surface area contributed by atoms with Crippen LogP contribution in [-0.2, 0) is 17.8 Å². The fourth-order valence-corrected chi connectivity index (χ4v) is 2.12. The molecule has 16 heavy (non-hydrogen) atoms. The Morgan fingerprint density at radius 1 is 1.56 bits per heavy atom. The first-order chi connectivity index (χ1) is 7.90. The summed E-state index contributed by atoms with van der Waals surface area (Å²) in [6.45, 7) is 5.81. The highest BCUT2D eigenvalue weighted by atomic mass is 16.5. The Labute approximate surface area is 97.0 Å². The Morgan fingerprint density at radius 2 is 2.50 bits per heavy atom. The smallest absolute Gasteiger partial charge is 0.0699 e. The van der Waals surface area contributed by atoms with Crippen molar-refractivity contribution < 1.29 is 4.74 Å². The van der Waals surface area contributed by atoms with Crippen LogP contribution in [0.5, 0.6) is 0 Å². The van der Waals surface area contributed by atoms with Crippen molar-refractivity contribution in [1.29, 1.82) is 0 Å². The van der Waals surface area contributed by atoms with Gasteiger partial charge in [0.1, 0.15) is 0 Å². The van der Waals surface area contributed by atoms with Gasteiger partial charge in [-0.25, -0.2) is 0 Å². The van der Waals surface area contributed by atoms with Crippen LogP contribution in [0.25, 0.3) is 0 Å². The third kappa shape index (κ3) is 3.06. The molecule has 1 N–H and O–H groups in total. The zero-order chi connectivity index (χ0) is 11.2. The van der Waals surface area contributed by atoms with Crippen LogP contribution in [0.2, 0.25) is 0 Å². The van der Waals surface area contributed by atoms with Crippen molar-refractivity contribution in [2.75, 3.05) is 13.2 Å². The summed E-state index contributed by atoms with van der Waals surface area (Å²) in [4.78, 5) is 0. The third-order valence-electron chi connectivity index (χ3n) is 3.06. The van der Waals surface area contributed by atoms with Crippen LogP contribution in [-0.4, -0.2) is 29.0 Å². The lowest BCUT2D eigenvalue weighted by atomic mass is 10.1. The van der Waals surface area contributed by atoms with Crippen LogP contribution in [0, 0.1) is 0 Å². The highest BCUT2D eigenvalue weighted by Crippen LogP contribution is 2.11. The fraction of sp³-hybridized carbons (Fsp3) is 0.750. The molecule has 2 heterocycles. The van der Waals surface area contributed by atoms with Gasteiger partial charge in [-0.05, 0) is 32.3 Å². The Hall–Kier alpha value is -0.870. The van der Waals surface area contributed by atoms with Crippen LogP contribution in [0.1, 0.15) is 31.9 Å². The monoisotopic (exact) mass is 223 g/mol. The second-order valence-electron chi connectivity index (χ2n) is 4.26. The molecule has 1 aliphatic heterocycles. The van der Waals surface area contributed by atoms with Gasteiger partial charge >= 0.3 is 0 Å². The number of nitrogens with zero attached hydrogens (tertiary/aromatic N) is 2. The van der Waals surface area contributed by atoms with Crippen LogP contribution in [0.4, 0.5) is 0 Å². The van der Waals surface area contributed by atoms with E-state index in [2.05, 4.69) is 23.4 Å². The number of rotatable bonds is 5. The molecule has 1 aromatic rings. The Balaban J connectivity index is 1.71. The van der Waals surface area contributed by atoms with Crippen LogP contribution in [0.15, 0.2) is 12.3 Å². The van der Waals surface area contributed by atoms with Gasteiger partial charge in [0.25, 0.3) is 0 Å². The van der Waals surface area contributed by atoms with Gasteiger partial charge in [0.2, 0.25) is 0 Å². The lowest BCUT2D eigenvalue weighted by Crippen LogP contribution is -2.31. The molecule has 1 atom stereocenters. The van der Waals surface area contributed by atoms with Gasteiger partial charge in [0.05, 0.1) is 11.8 Å². The van der Waals surface area contributed by atoms with E-state index in [0.717, 1.165) is 26.2 Å². The maximum atomic E-state index is 5.67. The molecule has 1 fully saturated rings. The van der Waals surface area contributed by atoms with E-state index in [1.807, 2.05) is 10.9 Å². The molecule has 0 aliphatic carbocycles.